The summed E-state index contributed by atoms with van der Waals surface area (Å²) in [4.78, 5) is 0. The molecule has 0 atom stereocenters. The maximum absolute atomic E-state index is 10.7. The van der Waals surface area contributed by atoms with Crippen LogP contribution in [0.1, 0.15) is 0 Å². The van der Waals surface area contributed by atoms with Crippen LogP contribution in [-0.2, 0) is 10.3 Å². The van der Waals surface area contributed by atoms with Gasteiger partial charge in [-0.05, 0) is 12.1 Å². The Bertz CT molecular complexity index is 470. The van der Waals surface area contributed by atoms with Crippen LogP contribution in [0.15, 0.2) is 18.2 Å². The predicted molar refractivity (Wildman–Crippen MR) is 51.2 cm³/mol. The van der Waals surface area contributed by atoms with Gasteiger partial charge in [0, 0.05) is 0 Å². The number of para-hydroxylation sites is 1. The van der Waals surface area contributed by atoms with Crippen LogP contribution in [0.5, 0.6) is 17.2 Å². The zero-order chi connectivity index (χ0) is 10.9. The molecule has 0 amide bonds. The normalized spacial score (nSPS) is 14.7. The molecule has 0 unspecified atom stereocenters. The topological polar surface area (TPSA) is 87.9 Å². The highest BCUT2D eigenvalue weighted by Gasteiger charge is 2.19. The van der Waals surface area contributed by atoms with Crippen molar-refractivity contribution in [2.24, 2.45) is 5.14 Å². The second-order valence-electron chi connectivity index (χ2n) is 2.86. The Kier molecular flexibility index (Phi) is 2.41. The van der Waals surface area contributed by atoms with Crippen molar-refractivity contribution in [3.8, 4) is 17.2 Å². The van der Waals surface area contributed by atoms with Crippen molar-refractivity contribution in [2.75, 3.05) is 13.2 Å². The summed E-state index contributed by atoms with van der Waals surface area (Å²) in [6.07, 6.45) is 0. The number of hydrogen-bond acceptors (Lipinski definition) is 5. The summed E-state index contributed by atoms with van der Waals surface area (Å²) < 4.78 is 36.5. The van der Waals surface area contributed by atoms with E-state index in [-0.39, 0.29) is 11.5 Å². The minimum atomic E-state index is -4.05. The van der Waals surface area contributed by atoms with E-state index in [9.17, 15) is 8.42 Å². The van der Waals surface area contributed by atoms with Gasteiger partial charge < -0.3 is 13.7 Å². The van der Waals surface area contributed by atoms with E-state index in [1.807, 2.05) is 0 Å². The van der Waals surface area contributed by atoms with Crippen LogP contribution in [0.2, 0.25) is 0 Å². The molecule has 1 aromatic carbocycles. The van der Waals surface area contributed by atoms with Gasteiger partial charge in [-0.25, -0.2) is 0 Å². The van der Waals surface area contributed by atoms with E-state index >= 15 is 0 Å². The molecule has 0 bridgehead atoms. The van der Waals surface area contributed by atoms with Crippen molar-refractivity contribution in [1.82, 2.24) is 0 Å². The molecule has 2 N–H and O–H groups in total. The van der Waals surface area contributed by atoms with Crippen LogP contribution in [0.25, 0.3) is 0 Å². The number of ether oxygens (including phenoxy) is 2. The van der Waals surface area contributed by atoms with Gasteiger partial charge in [-0.2, -0.15) is 13.6 Å². The van der Waals surface area contributed by atoms with Crippen LogP contribution < -0.4 is 18.8 Å². The monoisotopic (exact) mass is 231 g/mol. The van der Waals surface area contributed by atoms with Gasteiger partial charge in [0.1, 0.15) is 13.2 Å². The lowest BCUT2D eigenvalue weighted by atomic mass is 10.3. The first-order valence-electron chi connectivity index (χ1n) is 4.17. The molecule has 0 radical (unpaired) electrons. The minimum absolute atomic E-state index is 0.0368. The average molecular weight is 231 g/mol. The molecule has 1 aromatic rings. The van der Waals surface area contributed by atoms with Gasteiger partial charge in [0.25, 0.3) is 0 Å². The van der Waals surface area contributed by atoms with Gasteiger partial charge in [-0.15, -0.1) is 0 Å². The molecule has 15 heavy (non-hydrogen) atoms. The van der Waals surface area contributed by atoms with Crippen molar-refractivity contribution in [3.05, 3.63) is 18.2 Å². The van der Waals surface area contributed by atoms with Crippen LogP contribution in [0.4, 0.5) is 0 Å². The fraction of sp³-hybridized carbons (Fsp3) is 0.250. The highest BCUT2D eigenvalue weighted by molar-refractivity contribution is 7.84. The molecule has 82 valence electrons. The third kappa shape index (κ3) is 2.31. The second-order valence-corrected chi connectivity index (χ2v) is 4.01. The van der Waals surface area contributed by atoms with Gasteiger partial charge in [-0.3, -0.25) is 0 Å². The summed E-state index contributed by atoms with van der Waals surface area (Å²) in [7, 11) is -4.05. The fourth-order valence-corrected chi connectivity index (χ4v) is 1.62. The lowest BCUT2D eigenvalue weighted by molar-refractivity contribution is 0.168. The first kappa shape index (κ1) is 10.1. The molecule has 0 aromatic heterocycles. The molecule has 0 saturated heterocycles. The molecule has 1 aliphatic heterocycles. The molecule has 1 aliphatic rings. The van der Waals surface area contributed by atoms with Crippen molar-refractivity contribution in [3.63, 3.8) is 0 Å². The number of benzene rings is 1. The summed E-state index contributed by atoms with van der Waals surface area (Å²) >= 11 is 0. The molecule has 7 heteroatoms. The maximum Gasteiger partial charge on any atom is 0.380 e. The summed E-state index contributed by atoms with van der Waals surface area (Å²) in [5.74, 6) is 0.745. The van der Waals surface area contributed by atoms with Gasteiger partial charge in [-0.1, -0.05) is 6.07 Å². The maximum atomic E-state index is 10.7. The summed E-state index contributed by atoms with van der Waals surface area (Å²) in [5.41, 5.74) is 0. The van der Waals surface area contributed by atoms with E-state index in [4.69, 9.17) is 14.6 Å². The van der Waals surface area contributed by atoms with E-state index in [1.54, 1.807) is 12.1 Å². The predicted octanol–water partition coefficient (Wildman–Crippen LogP) is 0.0401. The van der Waals surface area contributed by atoms with E-state index in [1.165, 1.54) is 6.07 Å². The lowest BCUT2D eigenvalue weighted by Gasteiger charge is -2.19. The summed E-state index contributed by atoms with van der Waals surface area (Å²) in [6.45, 7) is 0.768. The van der Waals surface area contributed by atoms with E-state index < -0.39 is 10.3 Å². The Balaban J connectivity index is 2.39. The Morgan fingerprint density at radius 2 is 2.00 bits per heavy atom. The third-order valence-corrected chi connectivity index (χ3v) is 2.15. The fourth-order valence-electron chi connectivity index (χ4n) is 1.24. The zero-order valence-corrected chi connectivity index (χ0v) is 8.49. The van der Waals surface area contributed by atoms with Crippen molar-refractivity contribution in [1.29, 1.82) is 0 Å². The van der Waals surface area contributed by atoms with Gasteiger partial charge in [0.2, 0.25) is 5.75 Å². The molecule has 0 saturated carbocycles. The lowest BCUT2D eigenvalue weighted by Crippen LogP contribution is -2.21. The standard InChI is InChI=1S/C8H9NO5S/c9-15(10,11)14-7-3-1-2-6-8(7)13-5-4-12-6/h1-3H,4-5H2,(H2,9,10,11). The number of hydrogen-bond donors (Lipinski definition) is 1. The first-order chi connectivity index (χ1) is 7.06. The van der Waals surface area contributed by atoms with Gasteiger partial charge in [0.15, 0.2) is 11.5 Å². The smallest absolute Gasteiger partial charge is 0.380 e. The average Bonchev–Trinajstić information content (AvgIpc) is 2.16. The number of fused-ring (bicyclic) bond motifs is 1. The third-order valence-electron chi connectivity index (χ3n) is 1.74. The van der Waals surface area contributed by atoms with Crippen LogP contribution in [0.3, 0.4) is 0 Å². The van der Waals surface area contributed by atoms with Crippen molar-refractivity contribution >= 4 is 10.3 Å². The Morgan fingerprint density at radius 1 is 1.27 bits per heavy atom. The van der Waals surface area contributed by atoms with E-state index in [0.717, 1.165) is 0 Å². The highest BCUT2D eigenvalue weighted by atomic mass is 32.2. The largest absolute Gasteiger partial charge is 0.486 e. The highest BCUT2D eigenvalue weighted by Crippen LogP contribution is 2.39. The first-order valence-corrected chi connectivity index (χ1v) is 5.64. The molecule has 0 aliphatic carbocycles. The van der Waals surface area contributed by atoms with Crippen molar-refractivity contribution < 1.29 is 22.1 Å². The Hall–Kier alpha value is -1.47. The molecule has 1 heterocycles. The number of nitrogens with two attached hydrogens (primary N) is 1. The second kappa shape index (κ2) is 3.59. The van der Waals surface area contributed by atoms with Crippen LogP contribution in [-0.4, -0.2) is 21.6 Å². The molecule has 2 rings (SSSR count). The summed E-state index contributed by atoms with van der Waals surface area (Å²) in [5, 5.41) is 4.75. The van der Waals surface area contributed by atoms with E-state index in [2.05, 4.69) is 4.18 Å². The zero-order valence-electron chi connectivity index (χ0n) is 7.67. The Morgan fingerprint density at radius 3 is 2.73 bits per heavy atom. The summed E-state index contributed by atoms with van der Waals surface area (Å²) in [6, 6.07) is 4.69. The molecule has 6 nitrogen and oxygen atoms in total. The van der Waals surface area contributed by atoms with Crippen LogP contribution >= 0.6 is 0 Å². The van der Waals surface area contributed by atoms with Gasteiger partial charge >= 0.3 is 10.3 Å². The molecule has 0 spiro atoms. The Labute approximate surface area is 86.8 Å². The number of rotatable bonds is 2. The van der Waals surface area contributed by atoms with Crippen molar-refractivity contribution in [2.45, 2.75) is 0 Å². The van der Waals surface area contributed by atoms with E-state index in [0.29, 0.717) is 19.0 Å². The molecule has 0 fully saturated rings. The molecular weight excluding hydrogens is 222 g/mol. The molecular formula is C8H9NO5S. The SMILES string of the molecule is NS(=O)(=O)Oc1cccc2c1OCCO2. The minimum Gasteiger partial charge on any atom is -0.486 e. The quantitative estimate of drug-likeness (QED) is 0.776. The van der Waals surface area contributed by atoms with Gasteiger partial charge in [0.05, 0.1) is 0 Å². The van der Waals surface area contributed by atoms with Crippen LogP contribution in [0, 0.1) is 0 Å².